The number of nitrogens with zero attached hydrogens (tertiary/aromatic N) is 4. The molecule has 0 spiro atoms. The van der Waals surface area contributed by atoms with Gasteiger partial charge >= 0.3 is 0 Å². The van der Waals surface area contributed by atoms with Gasteiger partial charge < -0.3 is 14.4 Å². The van der Waals surface area contributed by atoms with E-state index < -0.39 is 0 Å². The highest BCUT2D eigenvalue weighted by atomic mass is 32.1. The second-order valence-corrected chi connectivity index (χ2v) is 7.12. The van der Waals surface area contributed by atoms with E-state index in [1.54, 1.807) is 19.2 Å². The summed E-state index contributed by atoms with van der Waals surface area (Å²) in [6, 6.07) is 5.68. The topological polar surface area (TPSA) is 67.3 Å². The number of carbonyl (C=O) groups excluding carboxylic acids is 1. The third kappa shape index (κ3) is 3.52. The first-order chi connectivity index (χ1) is 13.2. The molecule has 0 atom stereocenters. The minimum atomic E-state index is -0.0123. The standard InChI is InChI=1S/C19H20N4O3S/c1-25-16-4-3-13(9-17(16)26-2)15-5-8-23(21-15)19(24)12-22-7-6-18-14(11-22)10-20-27-18/h3-4,6,9-11H,5,7-8,12H2,1-2H3. The largest absolute Gasteiger partial charge is 0.493 e. The molecule has 0 aliphatic carbocycles. The molecule has 2 aliphatic rings. The fourth-order valence-electron chi connectivity index (χ4n) is 3.18. The molecule has 1 aromatic heterocycles. The lowest BCUT2D eigenvalue weighted by Crippen LogP contribution is -2.39. The van der Waals surface area contributed by atoms with Crippen molar-refractivity contribution in [2.45, 2.75) is 6.42 Å². The number of aromatic nitrogens is 1. The average Bonchev–Trinajstić information content (AvgIpc) is 3.36. The molecule has 0 bridgehead atoms. The predicted molar refractivity (Wildman–Crippen MR) is 104 cm³/mol. The highest BCUT2D eigenvalue weighted by Gasteiger charge is 2.23. The molecule has 1 aromatic carbocycles. The molecule has 0 saturated carbocycles. The number of methoxy groups -OCH3 is 2. The summed E-state index contributed by atoms with van der Waals surface area (Å²) in [6.07, 6.45) is 6.64. The molecular weight excluding hydrogens is 364 g/mol. The highest BCUT2D eigenvalue weighted by Crippen LogP contribution is 2.29. The Balaban J connectivity index is 1.46. The van der Waals surface area contributed by atoms with Gasteiger partial charge in [-0.15, -0.1) is 0 Å². The van der Waals surface area contributed by atoms with E-state index in [0.717, 1.165) is 27.4 Å². The van der Waals surface area contributed by atoms with Gasteiger partial charge in [-0.05, 0) is 35.8 Å². The van der Waals surface area contributed by atoms with Gasteiger partial charge in [0.15, 0.2) is 11.5 Å². The molecule has 0 N–H and O–H groups in total. The molecule has 0 unspecified atom stereocenters. The van der Waals surface area contributed by atoms with Gasteiger partial charge in [0.25, 0.3) is 5.91 Å². The zero-order valence-electron chi connectivity index (χ0n) is 15.2. The monoisotopic (exact) mass is 384 g/mol. The molecule has 140 valence electrons. The van der Waals surface area contributed by atoms with Crippen LogP contribution in [0.25, 0.3) is 12.3 Å². The third-order valence-corrected chi connectivity index (χ3v) is 5.41. The lowest BCUT2D eigenvalue weighted by molar-refractivity contribution is -0.131. The summed E-state index contributed by atoms with van der Waals surface area (Å²) < 4.78 is 16.0. The van der Waals surface area contributed by atoms with Crippen molar-refractivity contribution < 1.29 is 14.3 Å². The minimum Gasteiger partial charge on any atom is -0.493 e. The molecule has 3 heterocycles. The number of ether oxygens (including phenoxy) is 2. The first-order valence-electron chi connectivity index (χ1n) is 8.65. The van der Waals surface area contributed by atoms with Crippen molar-refractivity contribution in [2.24, 2.45) is 5.10 Å². The molecule has 1 amide bonds. The van der Waals surface area contributed by atoms with Crippen LogP contribution in [0, 0.1) is 0 Å². The highest BCUT2D eigenvalue weighted by molar-refractivity contribution is 7.03. The Kier molecular flexibility index (Phi) is 4.81. The molecule has 2 aliphatic heterocycles. The molecule has 4 rings (SSSR count). The Labute approximate surface area is 161 Å². The molecule has 2 aromatic rings. The fourth-order valence-corrected chi connectivity index (χ4v) is 3.82. The molecule has 0 saturated heterocycles. The number of hydrogen-bond acceptors (Lipinski definition) is 7. The van der Waals surface area contributed by atoms with Crippen molar-refractivity contribution in [2.75, 3.05) is 33.9 Å². The number of rotatable bonds is 5. The van der Waals surface area contributed by atoms with Crippen LogP contribution in [-0.2, 0) is 4.79 Å². The van der Waals surface area contributed by atoms with Gasteiger partial charge in [-0.3, -0.25) is 4.79 Å². The Morgan fingerprint density at radius 2 is 2.11 bits per heavy atom. The maximum atomic E-state index is 12.6. The summed E-state index contributed by atoms with van der Waals surface area (Å²) >= 11 is 1.48. The molecular formula is C19H20N4O3S. The van der Waals surface area contributed by atoms with Gasteiger partial charge in [0.2, 0.25) is 0 Å². The lowest BCUT2D eigenvalue weighted by Gasteiger charge is -2.21. The van der Waals surface area contributed by atoms with Crippen molar-refractivity contribution >= 4 is 35.4 Å². The van der Waals surface area contributed by atoms with Gasteiger partial charge in [0, 0.05) is 36.1 Å². The Morgan fingerprint density at radius 3 is 2.93 bits per heavy atom. The van der Waals surface area contributed by atoms with Crippen LogP contribution in [0.15, 0.2) is 29.5 Å². The van der Waals surface area contributed by atoms with Crippen LogP contribution in [0.2, 0.25) is 0 Å². The van der Waals surface area contributed by atoms with Crippen LogP contribution < -0.4 is 19.2 Å². The van der Waals surface area contributed by atoms with E-state index in [0.29, 0.717) is 31.1 Å². The number of hydrazone groups is 1. The number of benzene rings is 1. The number of hydrogen-bond donors (Lipinski definition) is 0. The fraction of sp³-hybridized carbons (Fsp3) is 0.316. The molecule has 8 heteroatoms. The van der Waals surface area contributed by atoms with E-state index >= 15 is 0 Å². The van der Waals surface area contributed by atoms with Crippen LogP contribution in [0.5, 0.6) is 11.5 Å². The molecule has 0 radical (unpaired) electrons. The van der Waals surface area contributed by atoms with E-state index in [2.05, 4.69) is 15.6 Å². The summed E-state index contributed by atoms with van der Waals surface area (Å²) in [7, 11) is 3.21. The number of carbonyl (C=O) groups is 1. The number of fused-ring (bicyclic) bond motifs is 1. The first-order valence-corrected chi connectivity index (χ1v) is 9.42. The summed E-state index contributed by atoms with van der Waals surface area (Å²) in [5, 5.41) is 7.15. The Morgan fingerprint density at radius 1 is 1.26 bits per heavy atom. The third-order valence-electron chi connectivity index (χ3n) is 4.61. The van der Waals surface area contributed by atoms with Crippen LogP contribution in [0.1, 0.15) is 12.0 Å². The average molecular weight is 384 g/mol. The second-order valence-electron chi connectivity index (χ2n) is 6.29. The molecule has 0 fully saturated rings. The molecule has 27 heavy (non-hydrogen) atoms. The lowest BCUT2D eigenvalue weighted by atomic mass is 10.1. The summed E-state index contributed by atoms with van der Waals surface area (Å²) in [4.78, 5) is 14.6. The SMILES string of the molecule is COc1ccc(C2=NN(C(=O)CN3C=c4cnsc4=CC3)CC2)cc1OC. The smallest absolute Gasteiger partial charge is 0.262 e. The van der Waals surface area contributed by atoms with Crippen LogP contribution in [-0.4, -0.2) is 59.8 Å². The van der Waals surface area contributed by atoms with E-state index in [1.165, 1.54) is 11.5 Å². The first kappa shape index (κ1) is 17.5. The van der Waals surface area contributed by atoms with E-state index in [9.17, 15) is 4.79 Å². The van der Waals surface area contributed by atoms with Crippen molar-refractivity contribution in [3.63, 3.8) is 0 Å². The van der Waals surface area contributed by atoms with Gasteiger partial charge in [-0.25, -0.2) is 5.01 Å². The predicted octanol–water partition coefficient (Wildman–Crippen LogP) is 0.631. The zero-order chi connectivity index (χ0) is 18.8. The van der Waals surface area contributed by atoms with E-state index in [1.807, 2.05) is 35.5 Å². The van der Waals surface area contributed by atoms with Crippen LogP contribution in [0.4, 0.5) is 0 Å². The maximum Gasteiger partial charge on any atom is 0.262 e. The van der Waals surface area contributed by atoms with Crippen LogP contribution >= 0.6 is 11.5 Å². The van der Waals surface area contributed by atoms with Crippen LogP contribution in [0.3, 0.4) is 0 Å². The van der Waals surface area contributed by atoms with Crippen molar-refractivity contribution in [3.05, 3.63) is 39.7 Å². The number of amides is 1. The van der Waals surface area contributed by atoms with Crippen molar-refractivity contribution in [1.82, 2.24) is 14.3 Å². The minimum absolute atomic E-state index is 0.0123. The summed E-state index contributed by atoms with van der Waals surface area (Å²) in [6.45, 7) is 1.60. The van der Waals surface area contributed by atoms with E-state index in [-0.39, 0.29) is 5.91 Å². The Bertz CT molecular complexity index is 1010. The maximum absolute atomic E-state index is 12.6. The molecule has 7 nitrogen and oxygen atoms in total. The summed E-state index contributed by atoms with van der Waals surface area (Å²) in [5.74, 6) is 1.31. The van der Waals surface area contributed by atoms with Gasteiger partial charge in [-0.2, -0.15) is 9.47 Å². The van der Waals surface area contributed by atoms with Gasteiger partial charge in [0.05, 0.1) is 37.6 Å². The van der Waals surface area contributed by atoms with E-state index in [4.69, 9.17) is 9.47 Å². The summed E-state index contributed by atoms with van der Waals surface area (Å²) in [5.41, 5.74) is 1.82. The quantitative estimate of drug-likeness (QED) is 0.757. The van der Waals surface area contributed by atoms with Crippen molar-refractivity contribution in [3.8, 4) is 11.5 Å². The second kappa shape index (κ2) is 7.40. The Hall–Kier alpha value is -2.87. The van der Waals surface area contributed by atoms with Crippen molar-refractivity contribution in [1.29, 1.82) is 0 Å². The zero-order valence-corrected chi connectivity index (χ0v) is 16.0. The van der Waals surface area contributed by atoms with Gasteiger partial charge in [0.1, 0.15) is 0 Å². The van der Waals surface area contributed by atoms with Gasteiger partial charge in [-0.1, -0.05) is 0 Å². The normalized spacial score (nSPS) is 15.6.